The fraction of sp³-hybridized carbons (Fsp3) is 0.400. The van der Waals surface area contributed by atoms with Crippen molar-refractivity contribution >= 4 is 12.0 Å². The minimum atomic E-state index is -0.139. The molecule has 1 aliphatic heterocycles. The number of carbonyl (C=O) groups is 1. The Labute approximate surface area is 185 Å². The molecule has 0 radical (unpaired) electrons. The van der Waals surface area contributed by atoms with E-state index in [1.807, 2.05) is 12.1 Å². The number of carbonyl (C=O) groups excluding carboxylic acids is 1. The van der Waals surface area contributed by atoms with Crippen molar-refractivity contribution < 1.29 is 14.3 Å². The van der Waals surface area contributed by atoms with Crippen LogP contribution in [-0.4, -0.2) is 62.7 Å². The Hall–Kier alpha value is -2.83. The number of piperazine rings is 1. The minimum Gasteiger partial charge on any atom is -0.497 e. The summed E-state index contributed by atoms with van der Waals surface area (Å²) in [5.41, 5.74) is 3.24. The molecule has 0 atom stereocenters. The summed E-state index contributed by atoms with van der Waals surface area (Å²) in [6.45, 7) is 9.38. The highest BCUT2D eigenvalue weighted by atomic mass is 16.5. The number of nitrogens with one attached hydrogen (secondary N) is 1. The van der Waals surface area contributed by atoms with Crippen LogP contribution in [0.4, 0.5) is 0 Å². The second-order valence-corrected chi connectivity index (χ2v) is 7.72. The van der Waals surface area contributed by atoms with Gasteiger partial charge >= 0.3 is 0 Å². The summed E-state index contributed by atoms with van der Waals surface area (Å²) in [6, 6.07) is 14.0. The van der Waals surface area contributed by atoms with Crippen molar-refractivity contribution in [3.63, 3.8) is 0 Å². The summed E-state index contributed by atoms with van der Waals surface area (Å²) in [5.74, 6) is 1.23. The normalized spacial score (nSPS) is 15.2. The lowest BCUT2D eigenvalue weighted by molar-refractivity contribution is -0.116. The zero-order chi connectivity index (χ0) is 22.1. The summed E-state index contributed by atoms with van der Waals surface area (Å²) in [5, 5.41) is 2.93. The van der Waals surface area contributed by atoms with Crippen LogP contribution in [0.1, 0.15) is 23.6 Å². The van der Waals surface area contributed by atoms with Crippen LogP contribution in [-0.2, 0) is 17.9 Å². The first-order valence-electron chi connectivity index (χ1n) is 10.8. The first-order chi connectivity index (χ1) is 15.1. The molecule has 31 heavy (non-hydrogen) atoms. The quantitative estimate of drug-likeness (QED) is 0.628. The molecule has 2 aromatic carbocycles. The molecule has 1 amide bonds. The molecule has 0 saturated carbocycles. The number of ether oxygens (including phenoxy) is 2. The van der Waals surface area contributed by atoms with E-state index in [4.69, 9.17) is 9.47 Å². The molecule has 6 nitrogen and oxygen atoms in total. The van der Waals surface area contributed by atoms with Crippen molar-refractivity contribution in [1.82, 2.24) is 15.1 Å². The van der Waals surface area contributed by atoms with E-state index >= 15 is 0 Å². The molecule has 166 valence electrons. The van der Waals surface area contributed by atoms with Gasteiger partial charge in [0.1, 0.15) is 11.5 Å². The van der Waals surface area contributed by atoms with Gasteiger partial charge in [0.15, 0.2) is 0 Å². The summed E-state index contributed by atoms with van der Waals surface area (Å²) < 4.78 is 10.5. The molecule has 1 N–H and O–H groups in total. The molecule has 0 unspecified atom stereocenters. The summed E-state index contributed by atoms with van der Waals surface area (Å²) in [6.07, 6.45) is 3.28. The Morgan fingerprint density at radius 1 is 0.935 bits per heavy atom. The second kappa shape index (κ2) is 11.5. The molecule has 3 rings (SSSR count). The fourth-order valence-corrected chi connectivity index (χ4v) is 3.63. The van der Waals surface area contributed by atoms with Crippen LogP contribution in [0, 0.1) is 0 Å². The number of rotatable bonds is 9. The van der Waals surface area contributed by atoms with Crippen LogP contribution in [0.15, 0.2) is 48.5 Å². The lowest BCUT2D eigenvalue weighted by Gasteiger charge is -2.34. The van der Waals surface area contributed by atoms with Crippen molar-refractivity contribution in [2.75, 3.05) is 46.9 Å². The summed E-state index contributed by atoms with van der Waals surface area (Å²) >= 11 is 0. The van der Waals surface area contributed by atoms with Gasteiger partial charge in [-0.05, 0) is 41.4 Å². The van der Waals surface area contributed by atoms with Gasteiger partial charge in [-0.25, -0.2) is 0 Å². The van der Waals surface area contributed by atoms with E-state index in [2.05, 4.69) is 46.3 Å². The average molecular weight is 424 g/mol. The number of methoxy groups -OCH3 is 2. The van der Waals surface area contributed by atoms with E-state index in [1.165, 1.54) is 11.6 Å². The SMILES string of the molecule is CCN1CCN(Cc2ccc(CNC(=O)/C=C/c3cc(OC)cc(OC)c3)cc2)CC1. The van der Waals surface area contributed by atoms with Gasteiger partial charge in [-0.15, -0.1) is 0 Å². The third-order valence-electron chi connectivity index (χ3n) is 5.61. The highest BCUT2D eigenvalue weighted by molar-refractivity contribution is 5.91. The largest absolute Gasteiger partial charge is 0.497 e. The number of nitrogens with zero attached hydrogens (tertiary/aromatic N) is 2. The number of benzene rings is 2. The van der Waals surface area contributed by atoms with E-state index in [-0.39, 0.29) is 5.91 Å². The third-order valence-corrected chi connectivity index (χ3v) is 5.61. The van der Waals surface area contributed by atoms with Gasteiger partial charge in [0.05, 0.1) is 14.2 Å². The van der Waals surface area contributed by atoms with E-state index in [0.29, 0.717) is 18.0 Å². The molecule has 2 aromatic rings. The van der Waals surface area contributed by atoms with E-state index < -0.39 is 0 Å². The second-order valence-electron chi connectivity index (χ2n) is 7.72. The zero-order valence-electron chi connectivity index (χ0n) is 18.8. The molecule has 1 saturated heterocycles. The Bertz CT molecular complexity index is 850. The van der Waals surface area contributed by atoms with Crippen molar-refractivity contribution in [2.45, 2.75) is 20.0 Å². The molecular formula is C25H33N3O3. The monoisotopic (exact) mass is 423 g/mol. The lowest BCUT2D eigenvalue weighted by Crippen LogP contribution is -2.45. The molecule has 0 aliphatic carbocycles. The van der Waals surface area contributed by atoms with Gasteiger partial charge in [-0.2, -0.15) is 0 Å². The first kappa shape index (κ1) is 22.8. The predicted molar refractivity (Wildman–Crippen MR) is 124 cm³/mol. The molecule has 1 aliphatic rings. The van der Waals surface area contributed by atoms with Crippen LogP contribution in [0.2, 0.25) is 0 Å². The Kier molecular flexibility index (Phi) is 8.50. The van der Waals surface area contributed by atoms with Gasteiger partial charge in [-0.3, -0.25) is 9.69 Å². The topological polar surface area (TPSA) is 54.0 Å². The zero-order valence-corrected chi connectivity index (χ0v) is 18.8. The van der Waals surface area contributed by atoms with Crippen molar-refractivity contribution in [3.05, 3.63) is 65.2 Å². The molecular weight excluding hydrogens is 390 g/mol. The van der Waals surface area contributed by atoms with Gasteiger partial charge in [0, 0.05) is 51.4 Å². The summed E-state index contributed by atoms with van der Waals surface area (Å²) in [4.78, 5) is 17.2. The number of amides is 1. The average Bonchev–Trinajstić information content (AvgIpc) is 2.82. The maximum Gasteiger partial charge on any atom is 0.244 e. The smallest absolute Gasteiger partial charge is 0.244 e. The molecule has 6 heteroatoms. The van der Waals surface area contributed by atoms with Gasteiger partial charge in [-0.1, -0.05) is 31.2 Å². The molecule has 0 spiro atoms. The minimum absolute atomic E-state index is 0.139. The summed E-state index contributed by atoms with van der Waals surface area (Å²) in [7, 11) is 3.21. The molecule has 0 aromatic heterocycles. The highest BCUT2D eigenvalue weighted by Gasteiger charge is 2.15. The standard InChI is InChI=1S/C25H33N3O3/c1-4-27-11-13-28(14-12-27)19-21-7-5-20(6-8-21)18-26-25(29)10-9-22-15-23(30-2)17-24(16-22)31-3/h5-10,15-17H,4,11-14,18-19H2,1-3H3,(H,26,29)/b10-9+. The van der Waals surface area contributed by atoms with Crippen LogP contribution in [0.3, 0.4) is 0 Å². The molecule has 0 bridgehead atoms. The Morgan fingerprint density at radius 3 is 2.10 bits per heavy atom. The molecule has 1 heterocycles. The van der Waals surface area contributed by atoms with Crippen molar-refractivity contribution in [1.29, 1.82) is 0 Å². The van der Waals surface area contributed by atoms with Gasteiger partial charge in [0.25, 0.3) is 0 Å². The van der Waals surface area contributed by atoms with Crippen LogP contribution < -0.4 is 14.8 Å². The van der Waals surface area contributed by atoms with E-state index in [1.54, 1.807) is 26.4 Å². The van der Waals surface area contributed by atoms with Crippen LogP contribution in [0.5, 0.6) is 11.5 Å². The third kappa shape index (κ3) is 7.12. The van der Waals surface area contributed by atoms with E-state index in [0.717, 1.165) is 50.4 Å². The fourth-order valence-electron chi connectivity index (χ4n) is 3.63. The van der Waals surface area contributed by atoms with Gasteiger partial charge < -0.3 is 19.7 Å². The predicted octanol–water partition coefficient (Wildman–Crippen LogP) is 3.17. The highest BCUT2D eigenvalue weighted by Crippen LogP contribution is 2.23. The lowest BCUT2D eigenvalue weighted by atomic mass is 10.1. The number of likely N-dealkylation sites (N-methyl/N-ethyl adjacent to an activating group) is 1. The number of hydrogen-bond donors (Lipinski definition) is 1. The van der Waals surface area contributed by atoms with Crippen LogP contribution >= 0.6 is 0 Å². The Morgan fingerprint density at radius 2 is 1.52 bits per heavy atom. The van der Waals surface area contributed by atoms with Crippen molar-refractivity contribution in [3.8, 4) is 11.5 Å². The number of hydrogen-bond acceptors (Lipinski definition) is 5. The maximum absolute atomic E-state index is 12.2. The Balaban J connectivity index is 1.46. The van der Waals surface area contributed by atoms with Crippen molar-refractivity contribution in [2.24, 2.45) is 0 Å². The first-order valence-corrected chi connectivity index (χ1v) is 10.8. The van der Waals surface area contributed by atoms with E-state index in [9.17, 15) is 4.79 Å². The van der Waals surface area contributed by atoms with Gasteiger partial charge in [0.2, 0.25) is 5.91 Å². The maximum atomic E-state index is 12.2. The molecule has 1 fully saturated rings. The van der Waals surface area contributed by atoms with Crippen LogP contribution in [0.25, 0.3) is 6.08 Å².